The van der Waals surface area contributed by atoms with Crippen LogP contribution in [0, 0.1) is 11.8 Å². The molecule has 102 valence electrons. The first-order valence-corrected chi connectivity index (χ1v) is 6.59. The largest absolute Gasteiger partial charge is 0.461 e. The lowest BCUT2D eigenvalue weighted by molar-refractivity contribution is 0.00557. The Kier molecular flexibility index (Phi) is 5.18. The number of nitrogens with zero attached hydrogens (tertiary/aromatic N) is 1. The van der Waals surface area contributed by atoms with Crippen LogP contribution in [0.15, 0.2) is 29.0 Å². The Balaban J connectivity index is 1.67. The predicted molar refractivity (Wildman–Crippen MR) is 70.7 cm³/mol. The van der Waals surface area contributed by atoms with E-state index in [9.17, 15) is 0 Å². The SMILES string of the molecule is OCC(O)CC#CCSN1NC=C(c2ccco2)O1. The van der Waals surface area contributed by atoms with Gasteiger partial charge in [-0.05, 0) is 24.1 Å². The normalized spacial score (nSPS) is 16.0. The van der Waals surface area contributed by atoms with E-state index < -0.39 is 6.10 Å². The molecule has 1 atom stereocenters. The standard InChI is InChI=1S/C12H14N2O4S/c15-9-10(16)4-1-2-7-19-14-13-8-12(18-14)11-5-3-6-17-11/h3,5-6,8,10,13,15-16H,4,7,9H2. The summed E-state index contributed by atoms with van der Waals surface area (Å²) in [6.07, 6.45) is 2.76. The van der Waals surface area contributed by atoms with E-state index in [2.05, 4.69) is 17.3 Å². The summed E-state index contributed by atoms with van der Waals surface area (Å²) in [6.45, 7) is -0.269. The smallest absolute Gasteiger partial charge is 0.210 e. The minimum absolute atomic E-state index is 0.265. The zero-order chi connectivity index (χ0) is 13.5. The van der Waals surface area contributed by atoms with Crippen LogP contribution in [0.25, 0.3) is 5.76 Å². The Morgan fingerprint density at radius 2 is 2.37 bits per heavy atom. The van der Waals surface area contributed by atoms with Crippen LogP contribution in [0.3, 0.4) is 0 Å². The highest BCUT2D eigenvalue weighted by Crippen LogP contribution is 2.24. The van der Waals surface area contributed by atoms with Crippen molar-refractivity contribution in [3.8, 4) is 11.8 Å². The first-order chi connectivity index (χ1) is 9.29. The van der Waals surface area contributed by atoms with Crippen LogP contribution < -0.4 is 5.43 Å². The fourth-order valence-electron chi connectivity index (χ4n) is 1.25. The van der Waals surface area contributed by atoms with Gasteiger partial charge in [0.2, 0.25) is 5.76 Å². The Labute approximate surface area is 115 Å². The second-order valence-electron chi connectivity index (χ2n) is 3.63. The molecule has 0 saturated carbocycles. The van der Waals surface area contributed by atoms with Crippen molar-refractivity contribution in [2.24, 2.45) is 0 Å². The van der Waals surface area contributed by atoms with Gasteiger partial charge in [0.1, 0.15) is 0 Å². The van der Waals surface area contributed by atoms with Crippen molar-refractivity contribution in [1.29, 1.82) is 0 Å². The van der Waals surface area contributed by atoms with Crippen molar-refractivity contribution < 1.29 is 19.5 Å². The van der Waals surface area contributed by atoms with Crippen LogP contribution in [-0.2, 0) is 4.84 Å². The van der Waals surface area contributed by atoms with Gasteiger partial charge in [0.25, 0.3) is 0 Å². The van der Waals surface area contributed by atoms with Crippen LogP contribution in [0.5, 0.6) is 0 Å². The summed E-state index contributed by atoms with van der Waals surface area (Å²) >= 11 is 1.33. The molecule has 1 aliphatic rings. The zero-order valence-electron chi connectivity index (χ0n) is 10.1. The number of hydrogen-bond donors (Lipinski definition) is 3. The summed E-state index contributed by atoms with van der Waals surface area (Å²) in [7, 11) is 0. The molecule has 7 heteroatoms. The minimum atomic E-state index is -0.772. The lowest BCUT2D eigenvalue weighted by atomic mass is 10.3. The third kappa shape index (κ3) is 4.22. The minimum Gasteiger partial charge on any atom is -0.461 e. The van der Waals surface area contributed by atoms with E-state index >= 15 is 0 Å². The van der Waals surface area contributed by atoms with Gasteiger partial charge < -0.3 is 19.5 Å². The first kappa shape index (κ1) is 13.8. The summed E-state index contributed by atoms with van der Waals surface area (Å²) in [5.74, 6) is 7.38. The summed E-state index contributed by atoms with van der Waals surface area (Å²) in [6, 6.07) is 3.59. The summed E-state index contributed by atoms with van der Waals surface area (Å²) < 4.78 is 6.67. The fourth-order valence-corrected chi connectivity index (χ4v) is 1.79. The quantitative estimate of drug-likeness (QED) is 0.542. The number of aliphatic hydroxyl groups excluding tert-OH is 2. The van der Waals surface area contributed by atoms with Crippen LogP contribution in [0.4, 0.5) is 0 Å². The fraction of sp³-hybridized carbons (Fsp3) is 0.333. The van der Waals surface area contributed by atoms with E-state index in [4.69, 9.17) is 19.5 Å². The van der Waals surface area contributed by atoms with E-state index in [1.165, 1.54) is 16.5 Å². The molecule has 0 spiro atoms. The highest BCUT2D eigenvalue weighted by atomic mass is 32.2. The Bertz CT molecular complexity index is 478. The molecule has 6 nitrogen and oxygen atoms in total. The van der Waals surface area contributed by atoms with Crippen molar-refractivity contribution in [2.75, 3.05) is 12.4 Å². The number of hydrogen-bond acceptors (Lipinski definition) is 7. The molecule has 2 rings (SSSR count). The molecule has 0 amide bonds. The van der Waals surface area contributed by atoms with Gasteiger partial charge in [0.05, 0.1) is 30.9 Å². The van der Waals surface area contributed by atoms with Crippen molar-refractivity contribution >= 4 is 17.7 Å². The van der Waals surface area contributed by atoms with Crippen molar-refractivity contribution in [3.05, 3.63) is 30.4 Å². The molecule has 1 aromatic heterocycles. The summed E-state index contributed by atoms with van der Waals surface area (Å²) in [4.78, 5) is 5.45. The molecule has 0 radical (unpaired) electrons. The average molecular weight is 282 g/mol. The molecule has 1 aromatic rings. The van der Waals surface area contributed by atoms with E-state index in [0.717, 1.165) is 0 Å². The molecule has 0 bridgehead atoms. The Hall–Kier alpha value is -1.59. The van der Waals surface area contributed by atoms with E-state index in [1.54, 1.807) is 24.6 Å². The number of nitrogens with one attached hydrogen (secondary N) is 1. The van der Waals surface area contributed by atoms with E-state index in [0.29, 0.717) is 17.3 Å². The van der Waals surface area contributed by atoms with Gasteiger partial charge in [0, 0.05) is 11.0 Å². The van der Waals surface area contributed by atoms with Crippen molar-refractivity contribution in [2.45, 2.75) is 12.5 Å². The van der Waals surface area contributed by atoms with Gasteiger partial charge in [-0.2, -0.15) is 0 Å². The summed E-state index contributed by atoms with van der Waals surface area (Å²) in [5, 5.41) is 17.7. The maximum absolute atomic E-state index is 9.08. The molecular weight excluding hydrogens is 268 g/mol. The summed E-state index contributed by atoms with van der Waals surface area (Å²) in [5.41, 5.74) is 2.90. The lowest BCUT2D eigenvalue weighted by Gasteiger charge is -2.11. The highest BCUT2D eigenvalue weighted by molar-refractivity contribution is 7.97. The highest BCUT2D eigenvalue weighted by Gasteiger charge is 2.18. The zero-order valence-corrected chi connectivity index (χ0v) is 10.9. The second-order valence-corrected chi connectivity index (χ2v) is 4.51. The molecule has 0 aliphatic carbocycles. The van der Waals surface area contributed by atoms with Gasteiger partial charge in [0.15, 0.2) is 5.76 Å². The van der Waals surface area contributed by atoms with Gasteiger partial charge in [-0.1, -0.05) is 11.8 Å². The molecule has 0 aromatic carbocycles. The van der Waals surface area contributed by atoms with E-state index in [1.807, 2.05) is 0 Å². The van der Waals surface area contributed by atoms with E-state index in [-0.39, 0.29) is 13.0 Å². The third-order valence-electron chi connectivity index (χ3n) is 2.17. The molecule has 0 fully saturated rings. The third-order valence-corrected chi connectivity index (χ3v) is 2.86. The second kappa shape index (κ2) is 7.11. The predicted octanol–water partition coefficient (Wildman–Crippen LogP) is 0.725. The van der Waals surface area contributed by atoms with Crippen LogP contribution in [0.2, 0.25) is 0 Å². The number of rotatable bonds is 5. The van der Waals surface area contributed by atoms with Gasteiger partial charge in [-0.3, -0.25) is 5.43 Å². The average Bonchev–Trinajstić information content (AvgIpc) is 3.08. The first-order valence-electron chi connectivity index (χ1n) is 5.65. The van der Waals surface area contributed by atoms with Crippen LogP contribution >= 0.6 is 11.9 Å². The number of hydrazine groups is 1. The molecule has 19 heavy (non-hydrogen) atoms. The molecular formula is C12H14N2O4S. The molecule has 2 heterocycles. The maximum Gasteiger partial charge on any atom is 0.210 e. The molecule has 0 saturated heterocycles. The molecule has 3 N–H and O–H groups in total. The molecule has 1 unspecified atom stereocenters. The number of aliphatic hydroxyl groups is 2. The van der Waals surface area contributed by atoms with Gasteiger partial charge >= 0.3 is 0 Å². The Morgan fingerprint density at radius 1 is 1.47 bits per heavy atom. The van der Waals surface area contributed by atoms with Gasteiger partial charge in [-0.15, -0.1) is 0 Å². The Morgan fingerprint density at radius 3 is 3.11 bits per heavy atom. The monoisotopic (exact) mass is 282 g/mol. The van der Waals surface area contributed by atoms with Crippen molar-refractivity contribution in [3.63, 3.8) is 0 Å². The van der Waals surface area contributed by atoms with Crippen LogP contribution in [-0.4, -0.2) is 33.3 Å². The topological polar surface area (TPSA) is 78.1 Å². The molecule has 1 aliphatic heterocycles. The lowest BCUT2D eigenvalue weighted by Crippen LogP contribution is -2.21. The van der Waals surface area contributed by atoms with Crippen LogP contribution in [0.1, 0.15) is 12.2 Å². The van der Waals surface area contributed by atoms with Crippen molar-refractivity contribution in [1.82, 2.24) is 10.0 Å². The number of furan rings is 1. The van der Waals surface area contributed by atoms with Gasteiger partial charge in [-0.25, -0.2) is 0 Å². The maximum atomic E-state index is 9.08.